The number of aromatic nitrogens is 2. The van der Waals surface area contributed by atoms with Gasteiger partial charge in [-0.05, 0) is 25.7 Å². The van der Waals surface area contributed by atoms with Crippen molar-refractivity contribution in [2.24, 2.45) is 0 Å². The summed E-state index contributed by atoms with van der Waals surface area (Å²) in [4.78, 5) is 0. The Morgan fingerprint density at radius 2 is 2.00 bits per heavy atom. The van der Waals surface area contributed by atoms with Crippen LogP contribution < -0.4 is 4.74 Å². The summed E-state index contributed by atoms with van der Waals surface area (Å²) >= 11 is 0. The van der Waals surface area contributed by atoms with Gasteiger partial charge in [-0.1, -0.05) is 12.8 Å². The van der Waals surface area contributed by atoms with E-state index in [0.29, 0.717) is 24.0 Å². The molecule has 1 aromatic heterocycles. The summed E-state index contributed by atoms with van der Waals surface area (Å²) in [5.41, 5.74) is 0. The highest BCUT2D eigenvalue weighted by molar-refractivity contribution is 7.91. The maximum Gasteiger partial charge on any atom is 0.157 e. The van der Waals surface area contributed by atoms with Gasteiger partial charge in [0.1, 0.15) is 6.10 Å². The second-order valence-electron chi connectivity index (χ2n) is 5.59. The molecule has 19 heavy (non-hydrogen) atoms. The second-order valence-corrected chi connectivity index (χ2v) is 7.82. The van der Waals surface area contributed by atoms with Crippen LogP contribution in [0.5, 0.6) is 5.75 Å². The standard InChI is InChI=1S/C13H20N2O3S/c16-19(17)7-3-6-12(10-19)18-13-8-14-15(9-13)11-4-1-2-5-11/h8-9,11-12H,1-7,10H2. The zero-order valence-corrected chi connectivity index (χ0v) is 11.8. The van der Waals surface area contributed by atoms with Crippen LogP contribution >= 0.6 is 0 Å². The molecule has 106 valence electrons. The van der Waals surface area contributed by atoms with Gasteiger partial charge in [-0.3, -0.25) is 4.68 Å². The molecule has 1 aromatic rings. The lowest BCUT2D eigenvalue weighted by Gasteiger charge is -2.22. The van der Waals surface area contributed by atoms with E-state index in [1.54, 1.807) is 6.20 Å². The van der Waals surface area contributed by atoms with Crippen molar-refractivity contribution in [1.29, 1.82) is 0 Å². The van der Waals surface area contributed by atoms with Crippen LogP contribution in [-0.2, 0) is 9.84 Å². The predicted molar refractivity (Wildman–Crippen MR) is 72.0 cm³/mol. The summed E-state index contributed by atoms with van der Waals surface area (Å²) in [6.45, 7) is 0. The number of sulfone groups is 1. The summed E-state index contributed by atoms with van der Waals surface area (Å²) < 4.78 is 30.9. The molecule has 1 saturated carbocycles. The van der Waals surface area contributed by atoms with E-state index < -0.39 is 9.84 Å². The molecule has 1 saturated heterocycles. The van der Waals surface area contributed by atoms with Gasteiger partial charge >= 0.3 is 0 Å². The first-order valence-corrected chi connectivity index (χ1v) is 8.86. The Morgan fingerprint density at radius 3 is 2.74 bits per heavy atom. The van der Waals surface area contributed by atoms with Crippen molar-refractivity contribution in [3.05, 3.63) is 12.4 Å². The van der Waals surface area contributed by atoms with Crippen LogP contribution in [0.1, 0.15) is 44.6 Å². The Morgan fingerprint density at radius 1 is 1.21 bits per heavy atom. The van der Waals surface area contributed by atoms with Crippen molar-refractivity contribution >= 4 is 9.84 Å². The zero-order chi connectivity index (χ0) is 13.3. The van der Waals surface area contributed by atoms with E-state index in [9.17, 15) is 8.42 Å². The first-order chi connectivity index (χ1) is 9.12. The maximum atomic E-state index is 11.6. The van der Waals surface area contributed by atoms with E-state index in [4.69, 9.17) is 4.74 Å². The molecular weight excluding hydrogens is 264 g/mol. The SMILES string of the molecule is O=S1(=O)CCCC(Oc2cnn(C3CCCC3)c2)C1. The Labute approximate surface area is 113 Å². The second kappa shape index (κ2) is 5.15. The Bertz CT molecular complexity index is 532. The Balaban J connectivity index is 1.63. The van der Waals surface area contributed by atoms with E-state index in [2.05, 4.69) is 5.10 Å². The Kier molecular flexibility index (Phi) is 3.52. The van der Waals surface area contributed by atoms with Crippen molar-refractivity contribution in [2.45, 2.75) is 50.7 Å². The third-order valence-electron chi connectivity index (χ3n) is 4.00. The smallest absolute Gasteiger partial charge is 0.157 e. The van der Waals surface area contributed by atoms with E-state index >= 15 is 0 Å². The van der Waals surface area contributed by atoms with Crippen LogP contribution in [0.2, 0.25) is 0 Å². The highest BCUT2D eigenvalue weighted by Gasteiger charge is 2.26. The fourth-order valence-electron chi connectivity index (χ4n) is 3.02. The fourth-order valence-corrected chi connectivity index (χ4v) is 4.59. The first-order valence-electron chi connectivity index (χ1n) is 7.04. The molecule has 1 atom stereocenters. The molecule has 0 bridgehead atoms. The largest absolute Gasteiger partial charge is 0.486 e. The quantitative estimate of drug-likeness (QED) is 0.851. The van der Waals surface area contributed by atoms with Gasteiger partial charge < -0.3 is 4.74 Å². The fraction of sp³-hybridized carbons (Fsp3) is 0.769. The highest BCUT2D eigenvalue weighted by Crippen LogP contribution is 2.30. The van der Waals surface area contributed by atoms with E-state index in [-0.39, 0.29) is 11.9 Å². The summed E-state index contributed by atoms with van der Waals surface area (Å²) in [5.74, 6) is 1.14. The summed E-state index contributed by atoms with van der Waals surface area (Å²) in [5, 5.41) is 4.34. The molecule has 2 aliphatic rings. The minimum Gasteiger partial charge on any atom is -0.486 e. The molecule has 6 heteroatoms. The van der Waals surface area contributed by atoms with E-state index in [0.717, 1.165) is 6.42 Å². The monoisotopic (exact) mass is 284 g/mol. The number of ether oxygens (including phenoxy) is 1. The molecule has 1 aliphatic carbocycles. The van der Waals surface area contributed by atoms with Gasteiger partial charge in [0.05, 0.1) is 29.9 Å². The lowest BCUT2D eigenvalue weighted by Crippen LogP contribution is -2.33. The molecule has 0 aromatic carbocycles. The zero-order valence-electron chi connectivity index (χ0n) is 11.0. The van der Waals surface area contributed by atoms with Crippen molar-refractivity contribution in [2.75, 3.05) is 11.5 Å². The normalized spacial score (nSPS) is 27.5. The topological polar surface area (TPSA) is 61.2 Å². The van der Waals surface area contributed by atoms with Crippen molar-refractivity contribution < 1.29 is 13.2 Å². The average Bonchev–Trinajstić information content (AvgIpc) is 2.96. The maximum absolute atomic E-state index is 11.6. The summed E-state index contributed by atoms with van der Waals surface area (Å²) in [7, 11) is -2.91. The molecule has 1 aliphatic heterocycles. The van der Waals surface area contributed by atoms with Crippen molar-refractivity contribution in [1.82, 2.24) is 9.78 Å². The minimum atomic E-state index is -2.91. The minimum absolute atomic E-state index is 0.140. The number of nitrogens with zero attached hydrogens (tertiary/aromatic N) is 2. The lowest BCUT2D eigenvalue weighted by atomic mass is 10.2. The average molecular weight is 284 g/mol. The first kappa shape index (κ1) is 13.0. The van der Waals surface area contributed by atoms with Gasteiger partial charge in [-0.15, -0.1) is 0 Å². The number of hydrogen-bond acceptors (Lipinski definition) is 4. The predicted octanol–water partition coefficient (Wildman–Crippen LogP) is 1.95. The highest BCUT2D eigenvalue weighted by atomic mass is 32.2. The van der Waals surface area contributed by atoms with Crippen LogP contribution in [0.4, 0.5) is 0 Å². The summed E-state index contributed by atoms with van der Waals surface area (Å²) in [6.07, 6.45) is 9.81. The van der Waals surface area contributed by atoms with Crippen molar-refractivity contribution in [3.8, 4) is 5.75 Å². The van der Waals surface area contributed by atoms with Crippen molar-refractivity contribution in [3.63, 3.8) is 0 Å². The number of hydrogen-bond donors (Lipinski definition) is 0. The molecule has 5 nitrogen and oxygen atoms in total. The van der Waals surface area contributed by atoms with E-state index in [1.165, 1.54) is 25.7 Å². The van der Waals surface area contributed by atoms with Crippen LogP contribution in [0.3, 0.4) is 0 Å². The molecule has 1 unspecified atom stereocenters. The summed E-state index contributed by atoms with van der Waals surface area (Å²) in [6, 6.07) is 0.493. The molecule has 3 rings (SSSR count). The molecule has 0 amide bonds. The van der Waals surface area contributed by atoms with E-state index in [1.807, 2.05) is 10.9 Å². The lowest BCUT2D eigenvalue weighted by molar-refractivity contribution is 0.207. The molecule has 2 fully saturated rings. The third-order valence-corrected chi connectivity index (χ3v) is 5.79. The van der Waals surface area contributed by atoms with Gasteiger partial charge in [0.25, 0.3) is 0 Å². The molecule has 0 N–H and O–H groups in total. The van der Waals surface area contributed by atoms with Crippen LogP contribution in [0.25, 0.3) is 0 Å². The van der Waals surface area contributed by atoms with Crippen LogP contribution in [0, 0.1) is 0 Å². The van der Waals surface area contributed by atoms with Crippen LogP contribution in [0.15, 0.2) is 12.4 Å². The van der Waals surface area contributed by atoms with Gasteiger partial charge in [0.15, 0.2) is 15.6 Å². The molecule has 0 spiro atoms. The van der Waals surface area contributed by atoms with Gasteiger partial charge in [-0.25, -0.2) is 8.42 Å². The Hall–Kier alpha value is -1.04. The van der Waals surface area contributed by atoms with Gasteiger partial charge in [0.2, 0.25) is 0 Å². The van der Waals surface area contributed by atoms with Crippen LogP contribution in [-0.4, -0.2) is 35.8 Å². The molecule has 0 radical (unpaired) electrons. The van der Waals surface area contributed by atoms with Gasteiger partial charge in [-0.2, -0.15) is 5.10 Å². The molecule has 2 heterocycles. The third kappa shape index (κ3) is 3.11. The number of rotatable bonds is 3. The molecular formula is C13H20N2O3S. The van der Waals surface area contributed by atoms with Gasteiger partial charge in [0, 0.05) is 0 Å².